The van der Waals surface area contributed by atoms with Crippen molar-refractivity contribution in [3.05, 3.63) is 65.3 Å². The Morgan fingerprint density at radius 3 is 2.79 bits per heavy atom. The van der Waals surface area contributed by atoms with Gasteiger partial charge in [-0.25, -0.2) is 0 Å². The van der Waals surface area contributed by atoms with E-state index in [2.05, 4.69) is 17.1 Å². The molecule has 3 heteroatoms. The lowest BCUT2D eigenvalue weighted by molar-refractivity contribution is 1.30. The third-order valence-corrected chi connectivity index (χ3v) is 3.84. The summed E-state index contributed by atoms with van der Waals surface area (Å²) in [6.45, 7) is 0. The highest BCUT2D eigenvalue weighted by atomic mass is 32.1. The Labute approximate surface area is 115 Å². The van der Waals surface area contributed by atoms with E-state index < -0.39 is 0 Å². The van der Waals surface area contributed by atoms with Gasteiger partial charge in [-0.1, -0.05) is 24.3 Å². The summed E-state index contributed by atoms with van der Waals surface area (Å²) in [6, 6.07) is 16.1. The van der Waals surface area contributed by atoms with Gasteiger partial charge in [-0.15, -0.1) is 11.3 Å². The van der Waals surface area contributed by atoms with E-state index in [0.717, 1.165) is 16.6 Å². The number of fused-ring (bicyclic) bond motifs is 1. The van der Waals surface area contributed by atoms with Gasteiger partial charge in [0.1, 0.15) is 0 Å². The Bertz CT molecular complexity index is 779. The van der Waals surface area contributed by atoms with E-state index in [9.17, 15) is 5.26 Å². The number of pyridine rings is 1. The summed E-state index contributed by atoms with van der Waals surface area (Å²) >= 11 is 1.66. The lowest BCUT2D eigenvalue weighted by atomic mass is 10.0. The second-order valence-electron chi connectivity index (χ2n) is 4.07. The van der Waals surface area contributed by atoms with Gasteiger partial charge in [0.25, 0.3) is 0 Å². The molecule has 3 aromatic rings. The molecule has 0 N–H and O–H groups in total. The summed E-state index contributed by atoms with van der Waals surface area (Å²) in [4.78, 5) is 4.23. The van der Waals surface area contributed by atoms with Crippen molar-refractivity contribution in [3.8, 4) is 6.07 Å². The lowest BCUT2D eigenvalue weighted by Gasteiger charge is -1.97. The minimum absolute atomic E-state index is 0.649. The first kappa shape index (κ1) is 11.6. The number of hydrogen-bond donors (Lipinski definition) is 0. The molecule has 0 saturated carbocycles. The number of aromatic nitrogens is 1. The van der Waals surface area contributed by atoms with Crippen LogP contribution in [0.25, 0.3) is 21.7 Å². The van der Waals surface area contributed by atoms with Crippen molar-refractivity contribution >= 4 is 33.1 Å². The van der Waals surface area contributed by atoms with E-state index in [1.807, 2.05) is 47.9 Å². The van der Waals surface area contributed by atoms with E-state index in [-0.39, 0.29) is 0 Å². The predicted octanol–water partition coefficient (Wildman–Crippen LogP) is 4.36. The van der Waals surface area contributed by atoms with Crippen LogP contribution in [0.1, 0.15) is 11.3 Å². The molecule has 0 unspecified atom stereocenters. The van der Waals surface area contributed by atoms with Crippen molar-refractivity contribution in [1.82, 2.24) is 4.98 Å². The van der Waals surface area contributed by atoms with E-state index in [1.165, 1.54) is 4.70 Å². The van der Waals surface area contributed by atoms with Crippen LogP contribution in [0.3, 0.4) is 0 Å². The van der Waals surface area contributed by atoms with Gasteiger partial charge in [0.15, 0.2) is 0 Å². The van der Waals surface area contributed by atoms with Crippen LogP contribution in [0.2, 0.25) is 0 Å². The minimum Gasteiger partial charge on any atom is -0.257 e. The van der Waals surface area contributed by atoms with Crippen molar-refractivity contribution in [2.75, 3.05) is 0 Å². The normalized spacial score (nSPS) is 11.4. The Balaban J connectivity index is 2.14. The second-order valence-corrected chi connectivity index (χ2v) is 4.98. The first-order chi connectivity index (χ1) is 9.38. The molecule has 2 aromatic heterocycles. The second kappa shape index (κ2) is 5.05. The SMILES string of the molecule is N#C/C(=C/c1ccccn1)c1csc2ccccc12. The molecule has 0 spiro atoms. The molecule has 0 radical (unpaired) electrons. The first-order valence-corrected chi connectivity index (χ1v) is 6.76. The summed E-state index contributed by atoms with van der Waals surface area (Å²) in [5.41, 5.74) is 2.43. The van der Waals surface area contributed by atoms with Gasteiger partial charge in [0.2, 0.25) is 0 Å². The topological polar surface area (TPSA) is 36.7 Å². The Hall–Kier alpha value is -2.44. The maximum Gasteiger partial charge on any atom is 0.0999 e. The zero-order valence-electron chi connectivity index (χ0n) is 10.1. The minimum atomic E-state index is 0.649. The molecule has 0 amide bonds. The quantitative estimate of drug-likeness (QED) is 0.643. The number of hydrogen-bond acceptors (Lipinski definition) is 3. The molecule has 90 valence electrons. The van der Waals surface area contributed by atoms with Crippen LogP contribution in [-0.2, 0) is 0 Å². The van der Waals surface area contributed by atoms with E-state index in [1.54, 1.807) is 17.5 Å². The van der Waals surface area contributed by atoms with Crippen LogP contribution in [0.5, 0.6) is 0 Å². The lowest BCUT2D eigenvalue weighted by Crippen LogP contribution is -1.82. The van der Waals surface area contributed by atoms with Gasteiger partial charge in [-0.3, -0.25) is 4.98 Å². The van der Waals surface area contributed by atoms with E-state index in [0.29, 0.717) is 5.57 Å². The highest BCUT2D eigenvalue weighted by Crippen LogP contribution is 2.31. The molecule has 3 rings (SSSR count). The maximum absolute atomic E-state index is 9.38. The summed E-state index contributed by atoms with van der Waals surface area (Å²) in [5, 5.41) is 12.5. The maximum atomic E-state index is 9.38. The predicted molar refractivity (Wildman–Crippen MR) is 79.5 cm³/mol. The average Bonchev–Trinajstić information content (AvgIpc) is 2.90. The number of rotatable bonds is 2. The first-order valence-electron chi connectivity index (χ1n) is 5.88. The van der Waals surface area contributed by atoms with Crippen molar-refractivity contribution in [3.63, 3.8) is 0 Å². The van der Waals surface area contributed by atoms with Gasteiger partial charge in [0.05, 0.1) is 17.3 Å². The number of nitriles is 1. The third kappa shape index (κ3) is 2.26. The molecule has 0 atom stereocenters. The molecule has 0 aliphatic carbocycles. The van der Waals surface area contributed by atoms with E-state index in [4.69, 9.17) is 0 Å². The fraction of sp³-hybridized carbons (Fsp3) is 0. The summed E-state index contributed by atoms with van der Waals surface area (Å²) < 4.78 is 1.19. The van der Waals surface area contributed by atoms with Gasteiger partial charge in [-0.05, 0) is 24.3 Å². The molecular weight excluding hydrogens is 252 g/mol. The number of allylic oxidation sites excluding steroid dienone is 1. The molecule has 19 heavy (non-hydrogen) atoms. The molecule has 2 nitrogen and oxygen atoms in total. The highest BCUT2D eigenvalue weighted by molar-refractivity contribution is 7.17. The zero-order chi connectivity index (χ0) is 13.1. The number of benzene rings is 1. The standard InChI is InChI=1S/C16H10N2S/c17-10-12(9-13-5-3-4-8-18-13)15-11-19-16-7-2-1-6-14(15)16/h1-9,11H/b12-9-. The van der Waals surface area contributed by atoms with Crippen molar-refractivity contribution in [2.24, 2.45) is 0 Å². The fourth-order valence-electron chi connectivity index (χ4n) is 1.97. The van der Waals surface area contributed by atoms with Crippen LogP contribution >= 0.6 is 11.3 Å². The molecule has 0 aliphatic heterocycles. The molecule has 0 bridgehead atoms. The van der Waals surface area contributed by atoms with E-state index >= 15 is 0 Å². The van der Waals surface area contributed by atoms with Crippen molar-refractivity contribution in [2.45, 2.75) is 0 Å². The molecule has 0 aliphatic rings. The molecule has 2 heterocycles. The number of nitrogens with zero attached hydrogens (tertiary/aromatic N) is 2. The monoisotopic (exact) mass is 262 g/mol. The van der Waals surface area contributed by atoms with Crippen LogP contribution in [0.15, 0.2) is 54.0 Å². The summed E-state index contributed by atoms with van der Waals surface area (Å²) in [5.74, 6) is 0. The van der Waals surface area contributed by atoms with Gasteiger partial charge < -0.3 is 0 Å². The Morgan fingerprint density at radius 2 is 2.00 bits per heavy atom. The Kier molecular flexibility index (Phi) is 3.09. The largest absolute Gasteiger partial charge is 0.257 e. The Morgan fingerprint density at radius 1 is 1.16 bits per heavy atom. The van der Waals surface area contributed by atoms with Crippen molar-refractivity contribution in [1.29, 1.82) is 5.26 Å². The van der Waals surface area contributed by atoms with Crippen LogP contribution in [0, 0.1) is 11.3 Å². The highest BCUT2D eigenvalue weighted by Gasteiger charge is 2.08. The summed E-state index contributed by atoms with van der Waals surface area (Å²) in [6.07, 6.45) is 3.56. The van der Waals surface area contributed by atoms with Crippen LogP contribution in [0.4, 0.5) is 0 Å². The van der Waals surface area contributed by atoms with Crippen molar-refractivity contribution < 1.29 is 0 Å². The van der Waals surface area contributed by atoms with Gasteiger partial charge >= 0.3 is 0 Å². The zero-order valence-corrected chi connectivity index (χ0v) is 10.9. The smallest absolute Gasteiger partial charge is 0.0999 e. The van der Waals surface area contributed by atoms with Gasteiger partial charge in [-0.2, -0.15) is 5.26 Å². The van der Waals surface area contributed by atoms with Gasteiger partial charge in [0, 0.05) is 27.2 Å². The fourth-order valence-corrected chi connectivity index (χ4v) is 2.93. The third-order valence-electron chi connectivity index (χ3n) is 2.87. The molecular formula is C16H10N2S. The molecule has 0 fully saturated rings. The summed E-state index contributed by atoms with van der Waals surface area (Å²) in [7, 11) is 0. The van der Waals surface area contributed by atoms with Crippen LogP contribution < -0.4 is 0 Å². The van der Waals surface area contributed by atoms with Crippen LogP contribution in [-0.4, -0.2) is 4.98 Å². The molecule has 1 aromatic carbocycles. The molecule has 0 saturated heterocycles. The number of thiophene rings is 1. The average molecular weight is 262 g/mol.